The SMILES string of the molecule is COCC(C)OC(CI)c1ccccc1Cl. The average Bonchev–Trinajstić information content (AvgIpc) is 2.27. The lowest BCUT2D eigenvalue weighted by atomic mass is 10.1. The number of alkyl halides is 1. The van der Waals surface area contributed by atoms with Crippen LogP contribution in [-0.4, -0.2) is 24.2 Å². The first kappa shape index (κ1) is 14.2. The summed E-state index contributed by atoms with van der Waals surface area (Å²) in [6, 6.07) is 7.80. The Kier molecular flexibility index (Phi) is 6.65. The molecule has 1 aromatic rings. The molecule has 0 saturated carbocycles. The van der Waals surface area contributed by atoms with Gasteiger partial charge in [-0.25, -0.2) is 0 Å². The van der Waals surface area contributed by atoms with Crippen molar-refractivity contribution in [1.29, 1.82) is 0 Å². The van der Waals surface area contributed by atoms with Crippen LogP contribution >= 0.6 is 34.2 Å². The molecule has 0 N–H and O–H groups in total. The van der Waals surface area contributed by atoms with E-state index in [4.69, 9.17) is 21.1 Å². The van der Waals surface area contributed by atoms with E-state index in [-0.39, 0.29) is 12.2 Å². The van der Waals surface area contributed by atoms with Crippen molar-refractivity contribution in [3.63, 3.8) is 0 Å². The first-order chi connectivity index (χ1) is 7.69. The average molecular weight is 355 g/mol. The van der Waals surface area contributed by atoms with Crippen LogP contribution < -0.4 is 0 Å². The molecule has 0 aliphatic rings. The van der Waals surface area contributed by atoms with Crippen molar-refractivity contribution >= 4 is 34.2 Å². The predicted octanol–water partition coefficient (Wildman–Crippen LogP) is 3.87. The number of benzene rings is 1. The summed E-state index contributed by atoms with van der Waals surface area (Å²) in [7, 11) is 1.68. The van der Waals surface area contributed by atoms with Crippen LogP contribution in [0.4, 0.5) is 0 Å². The maximum absolute atomic E-state index is 6.14. The Labute approximate surface area is 115 Å². The Morgan fingerprint density at radius 2 is 2.06 bits per heavy atom. The van der Waals surface area contributed by atoms with E-state index in [9.17, 15) is 0 Å². The second-order valence-corrected chi connectivity index (χ2v) is 4.85. The Morgan fingerprint density at radius 1 is 1.38 bits per heavy atom. The molecule has 0 amide bonds. The minimum absolute atomic E-state index is 0.0273. The summed E-state index contributed by atoms with van der Waals surface area (Å²) in [5.41, 5.74) is 1.04. The van der Waals surface area contributed by atoms with Gasteiger partial charge in [-0.3, -0.25) is 0 Å². The summed E-state index contributed by atoms with van der Waals surface area (Å²) in [6.45, 7) is 2.59. The first-order valence-electron chi connectivity index (χ1n) is 5.13. The summed E-state index contributed by atoms with van der Waals surface area (Å²) in [5.74, 6) is 0. The maximum atomic E-state index is 6.14. The quantitative estimate of drug-likeness (QED) is 0.570. The van der Waals surface area contributed by atoms with Crippen LogP contribution in [0.2, 0.25) is 5.02 Å². The van der Waals surface area contributed by atoms with Crippen LogP contribution in [0.5, 0.6) is 0 Å². The second kappa shape index (κ2) is 7.48. The third kappa shape index (κ3) is 4.20. The highest BCUT2D eigenvalue weighted by atomic mass is 127. The number of rotatable bonds is 6. The summed E-state index contributed by atoms with van der Waals surface area (Å²) in [6.07, 6.45) is 0.0977. The maximum Gasteiger partial charge on any atom is 0.0933 e. The molecule has 0 heterocycles. The van der Waals surface area contributed by atoms with Gasteiger partial charge in [-0.05, 0) is 13.0 Å². The van der Waals surface area contributed by atoms with Crippen molar-refractivity contribution < 1.29 is 9.47 Å². The lowest BCUT2D eigenvalue weighted by molar-refractivity contribution is -0.0291. The van der Waals surface area contributed by atoms with Gasteiger partial charge < -0.3 is 9.47 Å². The van der Waals surface area contributed by atoms with Crippen LogP contribution in [0, 0.1) is 0 Å². The summed E-state index contributed by atoms with van der Waals surface area (Å²) >= 11 is 8.45. The Hall–Kier alpha value is 0.160. The zero-order valence-electron chi connectivity index (χ0n) is 9.45. The van der Waals surface area contributed by atoms with Crippen LogP contribution in [0.3, 0.4) is 0 Å². The van der Waals surface area contributed by atoms with Crippen LogP contribution in [0.25, 0.3) is 0 Å². The van der Waals surface area contributed by atoms with Crippen molar-refractivity contribution in [2.45, 2.75) is 19.1 Å². The molecule has 4 heteroatoms. The van der Waals surface area contributed by atoms with Crippen molar-refractivity contribution in [2.75, 3.05) is 18.1 Å². The molecular weight excluding hydrogens is 338 g/mol. The zero-order valence-corrected chi connectivity index (χ0v) is 12.4. The lowest BCUT2D eigenvalue weighted by Gasteiger charge is -2.21. The summed E-state index contributed by atoms with van der Waals surface area (Å²) in [4.78, 5) is 0. The van der Waals surface area contributed by atoms with Gasteiger partial charge in [-0.2, -0.15) is 0 Å². The normalized spacial score (nSPS) is 14.8. The molecule has 0 aromatic heterocycles. The topological polar surface area (TPSA) is 18.5 Å². The predicted molar refractivity (Wildman–Crippen MR) is 75.5 cm³/mol. The fourth-order valence-corrected chi connectivity index (χ4v) is 2.42. The van der Waals surface area contributed by atoms with Gasteiger partial charge in [0.25, 0.3) is 0 Å². The molecule has 16 heavy (non-hydrogen) atoms. The van der Waals surface area contributed by atoms with Gasteiger partial charge >= 0.3 is 0 Å². The third-order valence-electron chi connectivity index (χ3n) is 2.19. The largest absolute Gasteiger partial charge is 0.382 e. The molecule has 90 valence electrons. The van der Waals surface area contributed by atoms with Gasteiger partial charge in [0.15, 0.2) is 0 Å². The molecule has 0 spiro atoms. The van der Waals surface area contributed by atoms with Gasteiger partial charge in [-0.15, -0.1) is 0 Å². The highest BCUT2D eigenvalue weighted by Gasteiger charge is 2.16. The molecule has 2 nitrogen and oxygen atoms in total. The molecule has 0 aliphatic heterocycles. The van der Waals surface area contributed by atoms with E-state index in [0.717, 1.165) is 15.0 Å². The van der Waals surface area contributed by atoms with Gasteiger partial charge in [0.2, 0.25) is 0 Å². The Morgan fingerprint density at radius 3 is 2.62 bits per heavy atom. The number of hydrogen-bond donors (Lipinski definition) is 0. The second-order valence-electron chi connectivity index (χ2n) is 3.57. The number of methoxy groups -OCH3 is 1. The minimum atomic E-state index is 0.0273. The molecular formula is C12H16ClIO2. The molecule has 0 fully saturated rings. The number of ether oxygens (including phenoxy) is 2. The van der Waals surface area contributed by atoms with Crippen molar-refractivity contribution in [2.24, 2.45) is 0 Å². The third-order valence-corrected chi connectivity index (χ3v) is 3.33. The van der Waals surface area contributed by atoms with Gasteiger partial charge in [0.1, 0.15) is 0 Å². The molecule has 0 radical (unpaired) electrons. The van der Waals surface area contributed by atoms with E-state index in [1.165, 1.54) is 0 Å². The molecule has 0 saturated heterocycles. The van der Waals surface area contributed by atoms with E-state index in [2.05, 4.69) is 22.6 Å². The molecule has 1 rings (SSSR count). The van der Waals surface area contributed by atoms with Crippen molar-refractivity contribution in [1.82, 2.24) is 0 Å². The highest BCUT2D eigenvalue weighted by Crippen LogP contribution is 2.28. The van der Waals surface area contributed by atoms with Crippen molar-refractivity contribution in [3.8, 4) is 0 Å². The number of halogens is 2. The zero-order chi connectivity index (χ0) is 12.0. The standard InChI is InChI=1S/C12H16ClIO2/c1-9(8-15-2)16-12(7-14)10-5-3-4-6-11(10)13/h3-6,9,12H,7-8H2,1-2H3. The summed E-state index contributed by atoms with van der Waals surface area (Å²) in [5, 5.41) is 0.758. The summed E-state index contributed by atoms with van der Waals surface area (Å²) < 4.78 is 11.8. The molecule has 0 bridgehead atoms. The monoisotopic (exact) mass is 354 g/mol. The van der Waals surface area contributed by atoms with E-state index >= 15 is 0 Å². The smallest absolute Gasteiger partial charge is 0.0933 e. The molecule has 2 unspecified atom stereocenters. The van der Waals surface area contributed by atoms with E-state index in [1.54, 1.807) is 7.11 Å². The van der Waals surface area contributed by atoms with E-state index in [1.807, 2.05) is 31.2 Å². The Balaban J connectivity index is 2.71. The Bertz CT molecular complexity index is 320. The molecule has 1 aromatic carbocycles. The van der Waals surface area contributed by atoms with Gasteiger partial charge in [0, 0.05) is 22.1 Å². The highest BCUT2D eigenvalue weighted by molar-refractivity contribution is 14.1. The lowest BCUT2D eigenvalue weighted by Crippen LogP contribution is -2.19. The molecule has 0 aliphatic carbocycles. The number of hydrogen-bond acceptors (Lipinski definition) is 2. The fourth-order valence-electron chi connectivity index (χ4n) is 1.48. The van der Waals surface area contributed by atoms with Crippen LogP contribution in [0.15, 0.2) is 24.3 Å². The van der Waals surface area contributed by atoms with Gasteiger partial charge in [0.05, 0.1) is 18.8 Å². The minimum Gasteiger partial charge on any atom is -0.382 e. The van der Waals surface area contributed by atoms with Crippen LogP contribution in [0.1, 0.15) is 18.6 Å². The van der Waals surface area contributed by atoms with Gasteiger partial charge in [-0.1, -0.05) is 52.4 Å². The fraction of sp³-hybridized carbons (Fsp3) is 0.500. The van der Waals surface area contributed by atoms with Crippen molar-refractivity contribution in [3.05, 3.63) is 34.9 Å². The molecule has 2 atom stereocenters. The van der Waals surface area contributed by atoms with Crippen LogP contribution in [-0.2, 0) is 9.47 Å². The first-order valence-corrected chi connectivity index (χ1v) is 7.04. The van der Waals surface area contributed by atoms with E-state index in [0.29, 0.717) is 6.61 Å². The van der Waals surface area contributed by atoms with E-state index < -0.39 is 0 Å².